The number of hydrogen-bond donors (Lipinski definition) is 1. The Morgan fingerprint density at radius 3 is 3.07 bits per heavy atom. The minimum atomic E-state index is -0.715. The Balaban J connectivity index is 2.29. The number of carboxylic acids is 1. The van der Waals surface area contributed by atoms with E-state index in [1.54, 1.807) is 12.4 Å². The van der Waals surface area contributed by atoms with Gasteiger partial charge in [-0.25, -0.2) is 0 Å². The normalized spacial score (nSPS) is 26.7. The van der Waals surface area contributed by atoms with Gasteiger partial charge >= 0.3 is 5.97 Å². The molecular weight excluding hydrogens is 192 g/mol. The van der Waals surface area contributed by atoms with Gasteiger partial charge in [0.1, 0.15) is 0 Å². The van der Waals surface area contributed by atoms with Crippen molar-refractivity contribution in [3.05, 3.63) is 30.1 Å². The summed E-state index contributed by atoms with van der Waals surface area (Å²) in [6, 6.07) is 3.76. The Morgan fingerprint density at radius 1 is 1.67 bits per heavy atom. The van der Waals surface area contributed by atoms with E-state index in [2.05, 4.69) is 9.88 Å². The molecule has 4 heteroatoms. The maximum Gasteiger partial charge on any atom is 0.308 e. The van der Waals surface area contributed by atoms with E-state index in [1.165, 1.54) is 0 Å². The summed E-state index contributed by atoms with van der Waals surface area (Å²) in [7, 11) is 1.96. The van der Waals surface area contributed by atoms with Crippen molar-refractivity contribution in [2.45, 2.75) is 12.5 Å². The average Bonchev–Trinajstić information content (AvgIpc) is 2.61. The van der Waals surface area contributed by atoms with Gasteiger partial charge in [0.05, 0.1) is 5.92 Å². The van der Waals surface area contributed by atoms with Gasteiger partial charge < -0.3 is 5.11 Å². The zero-order chi connectivity index (χ0) is 10.8. The Labute approximate surface area is 88.6 Å². The molecule has 0 radical (unpaired) electrons. The summed E-state index contributed by atoms with van der Waals surface area (Å²) in [5, 5.41) is 9.12. The zero-order valence-electron chi connectivity index (χ0n) is 8.63. The molecule has 1 aromatic rings. The standard InChI is InChI=1S/C11H14N2O2/c1-13-6-4-9(11(14)15)10(13)8-3-2-5-12-7-8/h2-3,5,7,9-10H,4,6H2,1H3,(H,14,15). The Kier molecular flexibility index (Phi) is 2.68. The highest BCUT2D eigenvalue weighted by Crippen LogP contribution is 2.35. The van der Waals surface area contributed by atoms with Crippen LogP contribution in [0.4, 0.5) is 0 Å². The molecule has 1 aliphatic heterocycles. The molecule has 0 aliphatic carbocycles. The van der Waals surface area contributed by atoms with Crippen molar-refractivity contribution in [3.8, 4) is 0 Å². The topological polar surface area (TPSA) is 53.4 Å². The fourth-order valence-corrected chi connectivity index (χ4v) is 2.24. The van der Waals surface area contributed by atoms with Gasteiger partial charge in [-0.05, 0) is 31.6 Å². The van der Waals surface area contributed by atoms with E-state index in [1.807, 2.05) is 19.2 Å². The van der Waals surface area contributed by atoms with Crippen molar-refractivity contribution in [1.29, 1.82) is 0 Å². The van der Waals surface area contributed by atoms with Crippen LogP contribution >= 0.6 is 0 Å². The molecule has 2 heterocycles. The van der Waals surface area contributed by atoms with Crippen LogP contribution < -0.4 is 0 Å². The second kappa shape index (κ2) is 3.98. The monoisotopic (exact) mass is 206 g/mol. The third kappa shape index (κ3) is 1.85. The van der Waals surface area contributed by atoms with Gasteiger partial charge in [0.15, 0.2) is 0 Å². The second-order valence-corrected chi connectivity index (χ2v) is 3.95. The second-order valence-electron chi connectivity index (χ2n) is 3.95. The van der Waals surface area contributed by atoms with Crippen LogP contribution in [-0.2, 0) is 4.79 Å². The van der Waals surface area contributed by atoms with Gasteiger partial charge in [0.2, 0.25) is 0 Å². The van der Waals surface area contributed by atoms with Crippen molar-refractivity contribution in [1.82, 2.24) is 9.88 Å². The maximum absolute atomic E-state index is 11.1. The van der Waals surface area contributed by atoms with Crippen molar-refractivity contribution >= 4 is 5.97 Å². The smallest absolute Gasteiger partial charge is 0.308 e. The molecule has 15 heavy (non-hydrogen) atoms. The van der Waals surface area contributed by atoms with E-state index >= 15 is 0 Å². The molecule has 0 bridgehead atoms. The first-order valence-corrected chi connectivity index (χ1v) is 5.03. The molecule has 2 unspecified atom stereocenters. The number of carbonyl (C=O) groups is 1. The van der Waals surface area contributed by atoms with E-state index in [4.69, 9.17) is 5.11 Å². The number of hydrogen-bond acceptors (Lipinski definition) is 3. The van der Waals surface area contributed by atoms with Crippen molar-refractivity contribution in [3.63, 3.8) is 0 Å². The summed E-state index contributed by atoms with van der Waals surface area (Å²) in [5.41, 5.74) is 0.991. The van der Waals surface area contributed by atoms with Crippen LogP contribution in [0, 0.1) is 5.92 Å². The number of rotatable bonds is 2. The number of likely N-dealkylation sites (tertiary alicyclic amines) is 1. The Hall–Kier alpha value is -1.42. The SMILES string of the molecule is CN1CCC(C(=O)O)C1c1cccnc1. The molecule has 0 aromatic carbocycles. The summed E-state index contributed by atoms with van der Waals surface area (Å²) in [5.74, 6) is -1.02. The lowest BCUT2D eigenvalue weighted by atomic mass is 9.95. The molecule has 4 nitrogen and oxygen atoms in total. The molecule has 1 saturated heterocycles. The van der Waals surface area contributed by atoms with Crippen molar-refractivity contribution < 1.29 is 9.90 Å². The zero-order valence-corrected chi connectivity index (χ0v) is 8.63. The van der Waals surface area contributed by atoms with Gasteiger partial charge in [-0.3, -0.25) is 14.7 Å². The van der Waals surface area contributed by atoms with Crippen molar-refractivity contribution in [2.75, 3.05) is 13.6 Å². The van der Waals surface area contributed by atoms with Gasteiger partial charge in [-0.2, -0.15) is 0 Å². The predicted molar refractivity (Wildman–Crippen MR) is 55.4 cm³/mol. The number of aromatic nitrogens is 1. The lowest BCUT2D eigenvalue weighted by Gasteiger charge is -2.22. The summed E-state index contributed by atoms with van der Waals surface area (Å²) in [6.45, 7) is 0.830. The van der Waals surface area contributed by atoms with Crippen LogP contribution in [0.15, 0.2) is 24.5 Å². The quantitative estimate of drug-likeness (QED) is 0.789. The molecule has 0 spiro atoms. The van der Waals surface area contributed by atoms with E-state index in [-0.39, 0.29) is 12.0 Å². The van der Waals surface area contributed by atoms with E-state index in [0.29, 0.717) is 6.42 Å². The first-order chi connectivity index (χ1) is 7.20. The lowest BCUT2D eigenvalue weighted by Crippen LogP contribution is -2.25. The Bertz CT molecular complexity index is 353. The third-order valence-corrected chi connectivity index (χ3v) is 2.99. The number of carboxylic acid groups (broad SMARTS) is 1. The fraction of sp³-hybridized carbons (Fsp3) is 0.455. The molecule has 1 fully saturated rings. The van der Waals surface area contributed by atoms with Crippen LogP contribution in [-0.4, -0.2) is 34.6 Å². The Morgan fingerprint density at radius 2 is 2.47 bits per heavy atom. The maximum atomic E-state index is 11.1. The summed E-state index contributed by atoms with van der Waals surface area (Å²) >= 11 is 0. The fourth-order valence-electron chi connectivity index (χ4n) is 2.24. The third-order valence-electron chi connectivity index (χ3n) is 2.99. The molecule has 2 rings (SSSR count). The largest absolute Gasteiger partial charge is 0.481 e. The van der Waals surface area contributed by atoms with Crippen LogP contribution in [0.3, 0.4) is 0 Å². The first kappa shape index (κ1) is 10.1. The molecular formula is C11H14N2O2. The minimum Gasteiger partial charge on any atom is -0.481 e. The van der Waals surface area contributed by atoms with Crippen LogP contribution in [0.25, 0.3) is 0 Å². The molecule has 80 valence electrons. The molecule has 1 aromatic heterocycles. The van der Waals surface area contributed by atoms with E-state index in [0.717, 1.165) is 12.1 Å². The van der Waals surface area contributed by atoms with Gasteiger partial charge in [-0.1, -0.05) is 6.07 Å². The highest BCUT2D eigenvalue weighted by atomic mass is 16.4. The molecule has 1 N–H and O–H groups in total. The molecule has 2 atom stereocenters. The first-order valence-electron chi connectivity index (χ1n) is 5.03. The summed E-state index contributed by atoms with van der Waals surface area (Å²) in [4.78, 5) is 17.2. The molecule has 0 amide bonds. The van der Waals surface area contributed by atoms with Gasteiger partial charge in [-0.15, -0.1) is 0 Å². The summed E-state index contributed by atoms with van der Waals surface area (Å²) in [6.07, 6.45) is 4.17. The predicted octanol–water partition coefficient (Wildman–Crippen LogP) is 1.16. The van der Waals surface area contributed by atoms with Gasteiger partial charge in [0.25, 0.3) is 0 Å². The number of pyridine rings is 1. The lowest BCUT2D eigenvalue weighted by molar-refractivity contribution is -0.142. The number of nitrogens with zero attached hydrogens (tertiary/aromatic N) is 2. The average molecular weight is 206 g/mol. The highest BCUT2D eigenvalue weighted by molar-refractivity contribution is 5.71. The van der Waals surface area contributed by atoms with E-state index < -0.39 is 5.97 Å². The minimum absolute atomic E-state index is 0.0313. The van der Waals surface area contributed by atoms with Crippen LogP contribution in [0.5, 0.6) is 0 Å². The molecule has 1 aliphatic rings. The van der Waals surface area contributed by atoms with Crippen LogP contribution in [0.2, 0.25) is 0 Å². The van der Waals surface area contributed by atoms with Crippen molar-refractivity contribution in [2.24, 2.45) is 5.92 Å². The van der Waals surface area contributed by atoms with Crippen LogP contribution in [0.1, 0.15) is 18.0 Å². The van der Waals surface area contributed by atoms with E-state index in [9.17, 15) is 4.79 Å². The molecule has 0 saturated carbocycles. The number of aliphatic carboxylic acids is 1. The highest BCUT2D eigenvalue weighted by Gasteiger charge is 2.37. The summed E-state index contributed by atoms with van der Waals surface area (Å²) < 4.78 is 0. The van der Waals surface area contributed by atoms with Gasteiger partial charge in [0, 0.05) is 18.4 Å².